The van der Waals surface area contributed by atoms with Gasteiger partial charge in [0.2, 0.25) is 0 Å². The zero-order valence-electron chi connectivity index (χ0n) is 20.6. The van der Waals surface area contributed by atoms with E-state index in [0.717, 1.165) is 71.5 Å². The number of rotatable bonds is 7. The zero-order valence-corrected chi connectivity index (χ0v) is 21.4. The third-order valence-corrected chi connectivity index (χ3v) is 7.38. The number of urea groups is 1. The maximum atomic E-state index is 12.7. The highest BCUT2D eigenvalue weighted by Crippen LogP contribution is 2.38. The average Bonchev–Trinajstić information content (AvgIpc) is 3.38. The number of morpholine rings is 1. The van der Waals surface area contributed by atoms with Crippen LogP contribution in [0, 0.1) is 6.92 Å². The summed E-state index contributed by atoms with van der Waals surface area (Å²) >= 11 is 1.64. The number of anilines is 2. The SMILES string of the molecule is Cc1ccc(NC(=O)N(O)c2cccc(-c3sc(CCN4CCOCC4)nc3-c3ccncc3)c2)cc1. The molecule has 37 heavy (non-hydrogen) atoms. The summed E-state index contributed by atoms with van der Waals surface area (Å²) in [6.07, 6.45) is 4.35. The molecule has 0 radical (unpaired) electrons. The molecule has 0 atom stereocenters. The van der Waals surface area contributed by atoms with E-state index < -0.39 is 6.03 Å². The molecule has 0 aliphatic carbocycles. The van der Waals surface area contributed by atoms with Gasteiger partial charge in [0.15, 0.2) is 0 Å². The molecule has 1 saturated heterocycles. The van der Waals surface area contributed by atoms with Crippen molar-refractivity contribution < 1.29 is 14.7 Å². The molecule has 8 nitrogen and oxygen atoms in total. The van der Waals surface area contributed by atoms with E-state index in [4.69, 9.17) is 9.72 Å². The van der Waals surface area contributed by atoms with Gasteiger partial charge in [-0.1, -0.05) is 29.8 Å². The van der Waals surface area contributed by atoms with Gasteiger partial charge < -0.3 is 10.1 Å². The number of aromatic nitrogens is 2. The molecule has 5 rings (SSSR count). The second kappa shape index (κ2) is 11.6. The van der Waals surface area contributed by atoms with E-state index in [-0.39, 0.29) is 0 Å². The Kier molecular flexibility index (Phi) is 7.86. The first-order valence-corrected chi connectivity index (χ1v) is 13.1. The first-order chi connectivity index (χ1) is 18.1. The summed E-state index contributed by atoms with van der Waals surface area (Å²) in [5, 5.41) is 15.1. The van der Waals surface area contributed by atoms with Gasteiger partial charge in [-0.3, -0.25) is 15.1 Å². The number of aryl methyl sites for hydroxylation is 1. The van der Waals surface area contributed by atoms with Crippen molar-refractivity contribution >= 4 is 28.7 Å². The zero-order chi connectivity index (χ0) is 25.6. The standard InChI is InChI=1S/C28H29N5O3S/c1-20-5-7-23(8-6-20)30-28(34)33(35)24-4-2-3-22(19-24)27-26(21-9-12-29-13-10-21)31-25(37-27)11-14-32-15-17-36-18-16-32/h2-10,12-13,19,35H,11,14-18H2,1H3,(H,30,34). The van der Waals surface area contributed by atoms with E-state index in [1.807, 2.05) is 43.3 Å². The molecular weight excluding hydrogens is 486 g/mol. The van der Waals surface area contributed by atoms with Crippen molar-refractivity contribution in [1.29, 1.82) is 0 Å². The van der Waals surface area contributed by atoms with Crippen molar-refractivity contribution in [3.63, 3.8) is 0 Å². The Labute approximate surface area is 220 Å². The number of carbonyl (C=O) groups is 1. The molecule has 2 amide bonds. The molecule has 0 unspecified atom stereocenters. The maximum absolute atomic E-state index is 12.7. The van der Waals surface area contributed by atoms with Crippen LogP contribution in [0.3, 0.4) is 0 Å². The second-order valence-electron chi connectivity index (χ2n) is 8.88. The highest BCUT2D eigenvalue weighted by Gasteiger charge is 2.19. The fourth-order valence-electron chi connectivity index (χ4n) is 4.16. The number of pyridine rings is 1. The summed E-state index contributed by atoms with van der Waals surface area (Å²) in [5.74, 6) is 0. The quantitative estimate of drug-likeness (QED) is 0.250. The van der Waals surface area contributed by atoms with Crippen molar-refractivity contribution in [2.75, 3.05) is 43.2 Å². The van der Waals surface area contributed by atoms with Crippen LogP contribution < -0.4 is 10.4 Å². The number of ether oxygens (including phenoxy) is 1. The monoisotopic (exact) mass is 515 g/mol. The van der Waals surface area contributed by atoms with Crippen LogP contribution in [0.15, 0.2) is 73.1 Å². The third-order valence-electron chi connectivity index (χ3n) is 6.22. The first-order valence-electron chi connectivity index (χ1n) is 12.2. The van der Waals surface area contributed by atoms with Crippen LogP contribution in [0.2, 0.25) is 0 Å². The van der Waals surface area contributed by atoms with Crippen LogP contribution in [0.25, 0.3) is 21.7 Å². The molecule has 0 spiro atoms. The molecule has 0 saturated carbocycles. The average molecular weight is 516 g/mol. The van der Waals surface area contributed by atoms with E-state index in [1.165, 1.54) is 0 Å². The van der Waals surface area contributed by atoms with Crippen molar-refractivity contribution in [2.24, 2.45) is 0 Å². The molecule has 4 aromatic rings. The summed E-state index contributed by atoms with van der Waals surface area (Å²) in [7, 11) is 0. The Hall–Kier alpha value is -3.63. The molecule has 1 aliphatic heterocycles. The van der Waals surface area contributed by atoms with Gasteiger partial charge in [-0.2, -0.15) is 5.06 Å². The molecule has 0 bridgehead atoms. The van der Waals surface area contributed by atoms with Crippen LogP contribution in [-0.4, -0.2) is 59.0 Å². The lowest BCUT2D eigenvalue weighted by molar-refractivity contribution is 0.0384. The first kappa shape index (κ1) is 25.0. The van der Waals surface area contributed by atoms with Gasteiger partial charge in [-0.15, -0.1) is 11.3 Å². The topological polar surface area (TPSA) is 90.8 Å². The summed E-state index contributed by atoms with van der Waals surface area (Å²) < 4.78 is 5.46. The number of hydrogen-bond acceptors (Lipinski definition) is 7. The number of thiazole rings is 1. The van der Waals surface area contributed by atoms with E-state index in [1.54, 1.807) is 48.0 Å². The largest absolute Gasteiger partial charge is 0.379 e. The van der Waals surface area contributed by atoms with Crippen LogP contribution in [0.4, 0.5) is 16.2 Å². The summed E-state index contributed by atoms with van der Waals surface area (Å²) in [6.45, 7) is 6.32. The van der Waals surface area contributed by atoms with E-state index in [2.05, 4.69) is 15.2 Å². The van der Waals surface area contributed by atoms with Gasteiger partial charge in [0.05, 0.1) is 34.5 Å². The van der Waals surface area contributed by atoms with Gasteiger partial charge in [0.1, 0.15) is 0 Å². The lowest BCUT2D eigenvalue weighted by Gasteiger charge is -2.25. The molecular formula is C28H29N5O3S. The number of nitrogens with one attached hydrogen (secondary N) is 1. The Morgan fingerprint density at radius 2 is 1.84 bits per heavy atom. The fourth-order valence-corrected chi connectivity index (χ4v) is 5.23. The van der Waals surface area contributed by atoms with Crippen molar-refractivity contribution in [1.82, 2.24) is 14.9 Å². The summed E-state index contributed by atoms with van der Waals surface area (Å²) in [6, 6.07) is 18.0. The smallest absolute Gasteiger partial charge is 0.350 e. The molecule has 9 heteroatoms. The van der Waals surface area contributed by atoms with Crippen LogP contribution in [-0.2, 0) is 11.2 Å². The van der Waals surface area contributed by atoms with Gasteiger partial charge in [0.25, 0.3) is 0 Å². The molecule has 2 aromatic heterocycles. The normalized spacial score (nSPS) is 13.9. The van der Waals surface area contributed by atoms with E-state index in [0.29, 0.717) is 16.4 Å². The predicted molar refractivity (Wildman–Crippen MR) is 146 cm³/mol. The summed E-state index contributed by atoms with van der Waals surface area (Å²) in [4.78, 5) is 25.2. The van der Waals surface area contributed by atoms with Crippen LogP contribution in [0.1, 0.15) is 10.6 Å². The van der Waals surface area contributed by atoms with Gasteiger partial charge in [-0.05, 0) is 48.9 Å². The third kappa shape index (κ3) is 6.20. The molecule has 2 N–H and O–H groups in total. The Bertz CT molecular complexity index is 1340. The number of amides is 2. The summed E-state index contributed by atoms with van der Waals surface area (Å²) in [5.41, 5.74) is 4.79. The minimum Gasteiger partial charge on any atom is -0.379 e. The number of benzene rings is 2. The fraction of sp³-hybridized carbons (Fsp3) is 0.250. The van der Waals surface area contributed by atoms with Gasteiger partial charge in [0, 0.05) is 49.7 Å². The Morgan fingerprint density at radius 3 is 2.59 bits per heavy atom. The van der Waals surface area contributed by atoms with Crippen molar-refractivity contribution in [3.8, 4) is 21.7 Å². The lowest BCUT2D eigenvalue weighted by atomic mass is 10.1. The minimum absolute atomic E-state index is 0.367. The number of nitrogens with zero attached hydrogens (tertiary/aromatic N) is 4. The predicted octanol–water partition coefficient (Wildman–Crippen LogP) is 5.48. The highest BCUT2D eigenvalue weighted by atomic mass is 32.1. The van der Waals surface area contributed by atoms with E-state index >= 15 is 0 Å². The highest BCUT2D eigenvalue weighted by molar-refractivity contribution is 7.15. The molecule has 2 aromatic carbocycles. The number of carbonyl (C=O) groups excluding carboxylic acids is 1. The van der Waals surface area contributed by atoms with Crippen LogP contribution in [0.5, 0.6) is 0 Å². The minimum atomic E-state index is -0.633. The van der Waals surface area contributed by atoms with Crippen molar-refractivity contribution in [2.45, 2.75) is 13.3 Å². The Balaban J connectivity index is 1.39. The number of hydrogen-bond donors (Lipinski definition) is 2. The molecule has 1 aliphatic rings. The molecule has 190 valence electrons. The Morgan fingerprint density at radius 1 is 1.08 bits per heavy atom. The van der Waals surface area contributed by atoms with E-state index in [9.17, 15) is 10.0 Å². The second-order valence-corrected chi connectivity index (χ2v) is 9.97. The van der Waals surface area contributed by atoms with Crippen LogP contribution >= 0.6 is 11.3 Å². The maximum Gasteiger partial charge on any atom is 0.350 e. The van der Waals surface area contributed by atoms with Gasteiger partial charge >= 0.3 is 6.03 Å². The lowest BCUT2D eigenvalue weighted by Crippen LogP contribution is -2.37. The molecule has 1 fully saturated rings. The van der Waals surface area contributed by atoms with Gasteiger partial charge in [-0.25, -0.2) is 9.78 Å². The molecule has 3 heterocycles. The van der Waals surface area contributed by atoms with Crippen molar-refractivity contribution in [3.05, 3.63) is 83.6 Å². The number of hydroxylamine groups is 1.